The average molecular weight is 573 g/mol. The first kappa shape index (κ1) is 30.2. The minimum absolute atomic E-state index is 0.0917. The molecule has 0 aliphatic heterocycles. The molecule has 42 heavy (non-hydrogen) atoms. The third kappa shape index (κ3) is 6.74. The molecule has 2 aromatic heterocycles. The first-order chi connectivity index (χ1) is 19.9. The zero-order chi connectivity index (χ0) is 30.6. The van der Waals surface area contributed by atoms with Gasteiger partial charge in [0.05, 0.1) is 35.9 Å². The molecular weight excluding hydrogens is 536 g/mol. The van der Waals surface area contributed by atoms with Gasteiger partial charge in [0.25, 0.3) is 11.8 Å². The van der Waals surface area contributed by atoms with Crippen molar-refractivity contribution in [3.05, 3.63) is 71.0 Å². The lowest BCUT2D eigenvalue weighted by molar-refractivity contribution is 0.0505. The van der Waals surface area contributed by atoms with E-state index in [0.29, 0.717) is 40.0 Å². The SMILES string of the molecule is CCCOC(=O)c1cc(C(=O)N[C@H](CO)C(C)(C)C)ccc1-c1ccc(C)nc1C(=O)Nc1ccc2nc(N)[nH]c2c1. The normalized spacial score (nSPS) is 12.1. The Balaban J connectivity index is 1.74. The van der Waals surface area contributed by atoms with Gasteiger partial charge in [-0.15, -0.1) is 0 Å². The third-order valence-corrected chi connectivity index (χ3v) is 6.77. The molecule has 6 N–H and O–H groups in total. The summed E-state index contributed by atoms with van der Waals surface area (Å²) in [6.07, 6.45) is 0.608. The van der Waals surface area contributed by atoms with Crippen LogP contribution < -0.4 is 16.4 Å². The van der Waals surface area contributed by atoms with E-state index in [9.17, 15) is 19.5 Å². The summed E-state index contributed by atoms with van der Waals surface area (Å²) in [5, 5.41) is 15.5. The lowest BCUT2D eigenvalue weighted by atomic mass is 9.87. The van der Waals surface area contributed by atoms with Crippen LogP contribution in [0.1, 0.15) is 71.0 Å². The number of carbonyl (C=O) groups is 3. The van der Waals surface area contributed by atoms with Gasteiger partial charge >= 0.3 is 5.97 Å². The highest BCUT2D eigenvalue weighted by Gasteiger charge is 2.27. The molecule has 0 aliphatic rings. The smallest absolute Gasteiger partial charge is 0.338 e. The van der Waals surface area contributed by atoms with Crippen LogP contribution in [0, 0.1) is 12.3 Å². The molecule has 1 atom stereocenters. The molecule has 4 aromatic rings. The molecule has 0 spiro atoms. The van der Waals surface area contributed by atoms with E-state index in [-0.39, 0.29) is 36.0 Å². The van der Waals surface area contributed by atoms with E-state index in [2.05, 4.69) is 25.6 Å². The Morgan fingerprint density at radius 1 is 1.02 bits per heavy atom. The summed E-state index contributed by atoms with van der Waals surface area (Å²) in [4.78, 5) is 51.5. The molecule has 0 saturated heterocycles. The van der Waals surface area contributed by atoms with Gasteiger partial charge in [0.1, 0.15) is 5.69 Å². The fourth-order valence-electron chi connectivity index (χ4n) is 4.38. The molecule has 0 saturated carbocycles. The highest BCUT2D eigenvalue weighted by atomic mass is 16.5. The number of esters is 1. The van der Waals surface area contributed by atoms with Gasteiger partial charge in [-0.25, -0.2) is 14.8 Å². The van der Waals surface area contributed by atoms with Crippen molar-refractivity contribution in [1.82, 2.24) is 20.3 Å². The number of nitrogens with one attached hydrogen (secondary N) is 3. The summed E-state index contributed by atoms with van der Waals surface area (Å²) >= 11 is 0. The van der Waals surface area contributed by atoms with Gasteiger partial charge in [0.15, 0.2) is 5.95 Å². The number of aryl methyl sites for hydroxylation is 1. The number of amides is 2. The number of H-pyrrole nitrogens is 1. The quantitative estimate of drug-likeness (QED) is 0.183. The summed E-state index contributed by atoms with van der Waals surface area (Å²) in [7, 11) is 0. The Kier molecular flexibility index (Phi) is 8.91. The number of aromatic nitrogens is 3. The van der Waals surface area contributed by atoms with Crippen molar-refractivity contribution in [1.29, 1.82) is 0 Å². The molecule has 2 amide bonds. The van der Waals surface area contributed by atoms with Crippen LogP contribution in [-0.2, 0) is 4.74 Å². The molecule has 2 aromatic carbocycles. The van der Waals surface area contributed by atoms with Crippen molar-refractivity contribution >= 4 is 40.5 Å². The molecule has 0 bridgehead atoms. The maximum Gasteiger partial charge on any atom is 0.338 e. The molecule has 0 unspecified atom stereocenters. The monoisotopic (exact) mass is 572 g/mol. The molecule has 4 rings (SSSR count). The molecular formula is C31H36N6O5. The lowest BCUT2D eigenvalue weighted by Gasteiger charge is -2.29. The van der Waals surface area contributed by atoms with Crippen LogP contribution in [-0.4, -0.2) is 57.1 Å². The van der Waals surface area contributed by atoms with E-state index < -0.39 is 29.2 Å². The number of imidazole rings is 1. The van der Waals surface area contributed by atoms with Crippen molar-refractivity contribution < 1.29 is 24.2 Å². The second-order valence-corrected chi connectivity index (χ2v) is 11.1. The predicted octanol–water partition coefficient (Wildman–Crippen LogP) is 4.47. The number of aliphatic hydroxyl groups is 1. The number of nitrogen functional groups attached to an aromatic ring is 1. The number of ether oxygens (including phenoxy) is 1. The number of nitrogens with zero attached hydrogens (tertiary/aromatic N) is 2. The van der Waals surface area contributed by atoms with Crippen LogP contribution in [0.25, 0.3) is 22.2 Å². The van der Waals surface area contributed by atoms with Gasteiger partial charge in [0.2, 0.25) is 0 Å². The number of benzene rings is 2. The van der Waals surface area contributed by atoms with Crippen molar-refractivity contribution in [3.8, 4) is 11.1 Å². The van der Waals surface area contributed by atoms with Crippen LogP contribution >= 0.6 is 0 Å². The van der Waals surface area contributed by atoms with Gasteiger partial charge in [0, 0.05) is 22.5 Å². The molecule has 0 aliphatic carbocycles. The second kappa shape index (κ2) is 12.4. The number of nitrogens with two attached hydrogens (primary N) is 1. The minimum atomic E-state index is -0.634. The maximum absolute atomic E-state index is 13.6. The van der Waals surface area contributed by atoms with E-state index in [0.717, 1.165) is 0 Å². The Morgan fingerprint density at radius 2 is 1.76 bits per heavy atom. The largest absolute Gasteiger partial charge is 0.462 e. The summed E-state index contributed by atoms with van der Waals surface area (Å²) in [5.74, 6) is -1.31. The highest BCUT2D eigenvalue weighted by Crippen LogP contribution is 2.30. The van der Waals surface area contributed by atoms with Crippen LogP contribution in [0.15, 0.2) is 48.5 Å². The number of carbonyl (C=O) groups excluding carboxylic acids is 3. The van der Waals surface area contributed by atoms with Gasteiger partial charge in [-0.1, -0.05) is 39.8 Å². The molecule has 2 heterocycles. The van der Waals surface area contributed by atoms with E-state index in [1.807, 2.05) is 27.7 Å². The van der Waals surface area contributed by atoms with Gasteiger partial charge in [-0.3, -0.25) is 9.59 Å². The van der Waals surface area contributed by atoms with Crippen molar-refractivity contribution in [2.24, 2.45) is 5.41 Å². The number of pyridine rings is 1. The standard InChI is InChI=1S/C31H36N6O5/c1-6-13-42-29(41)22-14-18(27(39)37-25(16-38)31(3,4)5)8-11-20(22)21-10-7-17(2)33-26(21)28(40)34-19-9-12-23-24(15-19)36-30(32)35-23/h7-12,14-15,25,38H,6,13,16H2,1-5H3,(H,34,40)(H,37,39)(H3,32,35,36)/t25-/m1/s1. The van der Waals surface area contributed by atoms with Crippen LogP contribution in [0.3, 0.4) is 0 Å². The van der Waals surface area contributed by atoms with Crippen molar-refractivity contribution in [3.63, 3.8) is 0 Å². The van der Waals surface area contributed by atoms with E-state index in [1.165, 1.54) is 6.07 Å². The van der Waals surface area contributed by atoms with Crippen molar-refractivity contribution in [2.75, 3.05) is 24.3 Å². The zero-order valence-electron chi connectivity index (χ0n) is 24.4. The van der Waals surface area contributed by atoms with E-state index >= 15 is 0 Å². The molecule has 220 valence electrons. The number of fused-ring (bicyclic) bond motifs is 1. The number of aromatic amines is 1. The highest BCUT2D eigenvalue weighted by molar-refractivity contribution is 6.10. The van der Waals surface area contributed by atoms with Crippen molar-refractivity contribution in [2.45, 2.75) is 47.1 Å². The van der Waals surface area contributed by atoms with Crippen LogP contribution in [0.5, 0.6) is 0 Å². The number of hydrogen-bond acceptors (Lipinski definition) is 8. The summed E-state index contributed by atoms with van der Waals surface area (Å²) in [6.45, 7) is 9.30. The average Bonchev–Trinajstić information content (AvgIpc) is 3.32. The van der Waals surface area contributed by atoms with Gasteiger partial charge in [-0.05, 0) is 60.7 Å². The summed E-state index contributed by atoms with van der Waals surface area (Å²) < 4.78 is 5.44. The minimum Gasteiger partial charge on any atom is -0.462 e. The van der Waals surface area contributed by atoms with Crippen LogP contribution in [0.4, 0.5) is 11.6 Å². The Hall–Kier alpha value is -4.77. The first-order valence-electron chi connectivity index (χ1n) is 13.7. The van der Waals surface area contributed by atoms with Gasteiger partial charge < -0.3 is 31.2 Å². The number of aliphatic hydroxyl groups excluding tert-OH is 1. The molecule has 11 nitrogen and oxygen atoms in total. The molecule has 11 heteroatoms. The van der Waals surface area contributed by atoms with E-state index in [4.69, 9.17) is 10.5 Å². The van der Waals surface area contributed by atoms with E-state index in [1.54, 1.807) is 49.4 Å². The Morgan fingerprint density at radius 3 is 2.45 bits per heavy atom. The molecule has 0 fully saturated rings. The lowest BCUT2D eigenvalue weighted by Crippen LogP contribution is -2.46. The number of rotatable bonds is 9. The maximum atomic E-state index is 13.6. The molecule has 0 radical (unpaired) electrons. The summed E-state index contributed by atoms with van der Waals surface area (Å²) in [5.41, 5.74) is 8.96. The topological polar surface area (TPSA) is 172 Å². The number of hydrogen-bond donors (Lipinski definition) is 5. The predicted molar refractivity (Wildman–Crippen MR) is 161 cm³/mol. The zero-order valence-corrected chi connectivity index (χ0v) is 24.4. The number of anilines is 2. The summed E-state index contributed by atoms with van der Waals surface area (Å²) in [6, 6.07) is 12.7. The van der Waals surface area contributed by atoms with Gasteiger partial charge in [-0.2, -0.15) is 0 Å². The van der Waals surface area contributed by atoms with Crippen LogP contribution in [0.2, 0.25) is 0 Å². The fourth-order valence-corrected chi connectivity index (χ4v) is 4.38. The first-order valence-corrected chi connectivity index (χ1v) is 13.7. The fraction of sp³-hybridized carbons (Fsp3) is 0.323. The Labute approximate surface area is 243 Å². The second-order valence-electron chi connectivity index (χ2n) is 11.1. The Bertz CT molecular complexity index is 1640. The third-order valence-electron chi connectivity index (χ3n) is 6.77.